The van der Waals surface area contributed by atoms with E-state index in [0.29, 0.717) is 5.56 Å². The monoisotopic (exact) mass is 837 g/mol. The van der Waals surface area contributed by atoms with Crippen molar-refractivity contribution in [3.63, 3.8) is 0 Å². The van der Waals surface area contributed by atoms with Gasteiger partial charge in [0.05, 0.1) is 38.8 Å². The van der Waals surface area contributed by atoms with Crippen molar-refractivity contribution in [1.29, 1.82) is 0 Å². The van der Waals surface area contributed by atoms with Crippen LogP contribution in [0.15, 0.2) is 80.7 Å². The van der Waals surface area contributed by atoms with E-state index in [0.717, 1.165) is 30.8 Å². The summed E-state index contributed by atoms with van der Waals surface area (Å²) in [5, 5.41) is 11.6. The number of aliphatic carboxylic acids is 1. The lowest BCUT2D eigenvalue weighted by molar-refractivity contribution is -0.149. The smallest absolute Gasteiger partial charge is 0.481 e. The number of esters is 1. The Morgan fingerprint density at radius 2 is 1.42 bits per heavy atom. The van der Waals surface area contributed by atoms with Gasteiger partial charge in [0.2, 0.25) is 5.91 Å². The zero-order valence-corrected chi connectivity index (χ0v) is 32.4. The summed E-state index contributed by atoms with van der Waals surface area (Å²) in [6, 6.07) is 14.7. The molecule has 21 heteroatoms. The molecule has 0 saturated carbocycles. The fourth-order valence-electron chi connectivity index (χ4n) is 5.45. The molecule has 4 aromatic rings. The maximum Gasteiger partial charge on any atom is 0.513 e. The maximum absolute atomic E-state index is 14.2. The van der Waals surface area contributed by atoms with Crippen LogP contribution >= 0.6 is 0 Å². The van der Waals surface area contributed by atoms with Crippen LogP contribution in [0.4, 0.5) is 14.4 Å². The molecular weight excluding hydrogens is 798 g/mol. The highest BCUT2D eigenvalue weighted by atomic mass is 16.7. The van der Waals surface area contributed by atoms with Crippen molar-refractivity contribution in [2.45, 2.75) is 44.9 Å². The van der Waals surface area contributed by atoms with Crippen molar-refractivity contribution in [2.75, 3.05) is 34.4 Å². The lowest BCUT2D eigenvalue weighted by Gasteiger charge is -2.25. The Morgan fingerprint density at radius 1 is 0.783 bits per heavy atom. The summed E-state index contributed by atoms with van der Waals surface area (Å²) in [6.07, 6.45) is -4.55. The first-order valence-electron chi connectivity index (χ1n) is 17.8. The first-order valence-corrected chi connectivity index (χ1v) is 17.8. The van der Waals surface area contributed by atoms with Gasteiger partial charge in [-0.3, -0.25) is 19.2 Å². The van der Waals surface area contributed by atoms with Gasteiger partial charge in [-0.15, -0.1) is 0 Å². The number of benzene rings is 3. The van der Waals surface area contributed by atoms with Gasteiger partial charge in [0.25, 0.3) is 11.5 Å². The van der Waals surface area contributed by atoms with E-state index < -0.39 is 89.6 Å². The molecule has 0 fully saturated rings. The number of carboxylic acids is 1. The predicted molar refractivity (Wildman–Crippen MR) is 202 cm³/mol. The number of hydrogen-bond acceptors (Lipinski definition) is 17. The van der Waals surface area contributed by atoms with Crippen LogP contribution in [0, 0.1) is 0 Å². The molecule has 2 amide bonds. The lowest BCUT2D eigenvalue weighted by atomic mass is 10.1. The highest BCUT2D eigenvalue weighted by Gasteiger charge is 2.29. The molecule has 21 nitrogen and oxygen atoms in total. The number of nitrogens with one attached hydrogen (secondary N) is 1. The zero-order chi connectivity index (χ0) is 43.8. The van der Waals surface area contributed by atoms with Crippen molar-refractivity contribution in [3.05, 3.63) is 98.8 Å². The average molecular weight is 838 g/mol. The van der Waals surface area contributed by atoms with Crippen LogP contribution in [0.5, 0.6) is 17.2 Å². The van der Waals surface area contributed by atoms with Gasteiger partial charge in [-0.1, -0.05) is 42.5 Å². The maximum atomic E-state index is 14.2. The molecule has 0 bridgehead atoms. The normalized spacial score (nSPS) is 11.1. The van der Waals surface area contributed by atoms with Crippen LogP contribution in [0.3, 0.4) is 0 Å². The number of nitrogens with zero attached hydrogens (tertiary/aromatic N) is 2. The molecule has 0 aliphatic heterocycles. The number of carbonyl (C=O) groups excluding carboxylic acids is 6. The average Bonchev–Trinajstić information content (AvgIpc) is 3.24. The molecule has 60 heavy (non-hydrogen) atoms. The van der Waals surface area contributed by atoms with Gasteiger partial charge < -0.3 is 52.9 Å². The Balaban J connectivity index is 1.62. The number of unbranched alkanes of at least 4 members (excludes halogenated alkanes) is 1. The van der Waals surface area contributed by atoms with Gasteiger partial charge in [0, 0.05) is 19.5 Å². The number of carbonyl (C=O) groups is 7. The number of ether oxygens (including phenoxy) is 7. The number of fused-ring (bicyclic) bond motifs is 1. The Kier molecular flexibility index (Phi) is 16.3. The molecule has 4 rings (SSSR count). The molecule has 0 spiro atoms. The number of hydrogen-bond donors (Lipinski definition) is 2. The molecule has 1 aromatic heterocycles. The molecule has 3 aromatic carbocycles. The lowest BCUT2D eigenvalue weighted by Crippen LogP contribution is -2.48. The minimum atomic E-state index is -1.46. The quantitative estimate of drug-likeness (QED) is 0.0629. The van der Waals surface area contributed by atoms with Gasteiger partial charge in [0.15, 0.2) is 22.8 Å². The van der Waals surface area contributed by atoms with Crippen LogP contribution in [0.2, 0.25) is 0 Å². The van der Waals surface area contributed by atoms with Crippen LogP contribution in [-0.2, 0) is 46.5 Å². The molecule has 0 aliphatic rings. The minimum absolute atomic E-state index is 0.00152. The Hall–Kier alpha value is -7.71. The third-order valence-corrected chi connectivity index (χ3v) is 8.32. The van der Waals surface area contributed by atoms with Crippen LogP contribution in [0.1, 0.15) is 41.6 Å². The highest BCUT2D eigenvalue weighted by molar-refractivity contribution is 6.00. The van der Waals surface area contributed by atoms with E-state index in [9.17, 15) is 48.3 Å². The predicted octanol–water partition coefficient (Wildman–Crippen LogP) is 3.41. The van der Waals surface area contributed by atoms with E-state index in [4.69, 9.17) is 23.4 Å². The van der Waals surface area contributed by atoms with E-state index in [-0.39, 0.29) is 55.7 Å². The molecule has 2 N–H and O–H groups in total. The summed E-state index contributed by atoms with van der Waals surface area (Å²) in [7, 11) is 3.05. The van der Waals surface area contributed by atoms with Crippen LogP contribution in [-0.4, -0.2) is 97.3 Å². The highest BCUT2D eigenvalue weighted by Crippen LogP contribution is 2.33. The van der Waals surface area contributed by atoms with E-state index in [1.54, 1.807) is 30.3 Å². The Bertz CT molecular complexity index is 2340. The Morgan fingerprint density at radius 3 is 2.08 bits per heavy atom. The number of amides is 2. The molecule has 0 radical (unpaired) electrons. The fourth-order valence-corrected chi connectivity index (χ4v) is 5.45. The van der Waals surface area contributed by atoms with Gasteiger partial charge in [-0.25, -0.2) is 28.5 Å². The summed E-state index contributed by atoms with van der Waals surface area (Å²) >= 11 is 0. The van der Waals surface area contributed by atoms with Crippen molar-refractivity contribution in [3.8, 4) is 17.2 Å². The van der Waals surface area contributed by atoms with Crippen molar-refractivity contribution in [1.82, 2.24) is 14.8 Å². The molecule has 0 aliphatic carbocycles. The van der Waals surface area contributed by atoms with E-state index in [2.05, 4.69) is 19.5 Å². The number of aromatic nitrogens is 1. The van der Waals surface area contributed by atoms with Gasteiger partial charge >= 0.3 is 36.2 Å². The second-order valence-electron chi connectivity index (χ2n) is 12.3. The number of para-hydroxylation sites is 2. The van der Waals surface area contributed by atoms with Crippen molar-refractivity contribution < 1.29 is 76.2 Å². The van der Waals surface area contributed by atoms with Gasteiger partial charge in [-0.05, 0) is 49.1 Å². The zero-order valence-electron chi connectivity index (χ0n) is 32.4. The largest absolute Gasteiger partial charge is 0.513 e. The molecule has 1 atom stereocenters. The van der Waals surface area contributed by atoms with Crippen molar-refractivity contribution >= 4 is 53.2 Å². The first kappa shape index (κ1) is 45.0. The third kappa shape index (κ3) is 12.4. The summed E-state index contributed by atoms with van der Waals surface area (Å²) in [5.41, 5.74) is -0.876. The minimum Gasteiger partial charge on any atom is -0.481 e. The van der Waals surface area contributed by atoms with E-state index in [1.807, 2.05) is 0 Å². The molecule has 0 unspecified atom stereocenters. The second-order valence-corrected chi connectivity index (χ2v) is 12.3. The molecule has 1 heterocycles. The van der Waals surface area contributed by atoms with Crippen molar-refractivity contribution in [2.24, 2.45) is 0 Å². The Labute approximate surface area is 339 Å². The van der Waals surface area contributed by atoms with E-state index in [1.165, 1.54) is 36.4 Å². The first-order chi connectivity index (χ1) is 28.8. The van der Waals surface area contributed by atoms with Gasteiger partial charge in [0.1, 0.15) is 12.6 Å². The van der Waals surface area contributed by atoms with Crippen LogP contribution < -0.4 is 30.8 Å². The number of rotatable bonds is 18. The second kappa shape index (κ2) is 21.7. The third-order valence-electron chi connectivity index (χ3n) is 8.32. The summed E-state index contributed by atoms with van der Waals surface area (Å²) in [4.78, 5) is 115. The number of carboxylic acid groups (broad SMARTS) is 1. The van der Waals surface area contributed by atoms with E-state index >= 15 is 0 Å². The number of methoxy groups -OCH3 is 3. The fraction of sp³-hybridized carbons (Fsp3) is 0.308. The SMILES string of the molecule is COC(=O)Oc1cccc(C(=O)N(CCCCn2c(=O)oc3c(OC(=O)OC)cccc3c2=O)CC(=O)N[C@@H](CCC(=O)O)C(=O)OCc2ccccc2)c1OC(=O)OC. The summed E-state index contributed by atoms with van der Waals surface area (Å²) < 4.78 is 40.1. The molecule has 0 saturated heterocycles. The molecule has 318 valence electrons. The van der Waals surface area contributed by atoms with Crippen LogP contribution in [0.25, 0.3) is 11.0 Å². The summed E-state index contributed by atoms with van der Waals surface area (Å²) in [6.45, 7) is -1.50. The van der Waals surface area contributed by atoms with Gasteiger partial charge in [-0.2, -0.15) is 0 Å². The standard InChI is InChI=1S/C39H39N3O18/c1-53-37(50)57-27-15-10-14-25-31(27)59-36(49)42(34(25)47)20-8-7-19-41(33(46)24-13-9-16-28(58-38(51)54-2)32(24)60-39(52)55-3)21-29(43)40-26(17-18-30(44)45)35(48)56-22-23-11-5-4-6-12-23/h4-6,9-16,26H,7-8,17-22H2,1-3H3,(H,40,43)(H,44,45)/t26-/m0/s1. The topological polar surface area (TPSA) is 272 Å². The summed E-state index contributed by atoms with van der Waals surface area (Å²) in [5.74, 6) is -6.50. The molecular formula is C39H39N3O18.